The Hall–Kier alpha value is -1.60. The largest absolute Gasteiger partial charge is 0.457 e. The zero-order chi connectivity index (χ0) is 14.4. The maximum atomic E-state index is 6.03. The molecule has 0 bridgehead atoms. The first-order chi connectivity index (χ1) is 10.2. The van der Waals surface area contributed by atoms with Crippen molar-refractivity contribution < 1.29 is 9.47 Å². The number of rotatable bonds is 0. The van der Waals surface area contributed by atoms with E-state index in [0.29, 0.717) is 19.0 Å². The van der Waals surface area contributed by atoms with Crippen LogP contribution in [0.1, 0.15) is 11.1 Å². The number of hydrogen-bond donors (Lipinski definition) is 1. The maximum absolute atomic E-state index is 6.03. The van der Waals surface area contributed by atoms with E-state index in [1.807, 2.05) is 36.4 Å². The Balaban J connectivity index is 2.05. The third-order valence-corrected chi connectivity index (χ3v) is 4.51. The van der Waals surface area contributed by atoms with Gasteiger partial charge in [-0.2, -0.15) is 0 Å². The molecule has 2 aliphatic rings. The SMILES string of the molecule is NC1=NC2(COC1)c1ccccc1Oc1ccc(I)cc12. The molecule has 4 nitrogen and oxygen atoms in total. The maximum Gasteiger partial charge on any atom is 0.143 e. The molecule has 0 saturated heterocycles. The van der Waals surface area contributed by atoms with E-state index >= 15 is 0 Å². The molecule has 0 radical (unpaired) electrons. The Morgan fingerprint density at radius 1 is 1.10 bits per heavy atom. The van der Waals surface area contributed by atoms with Crippen molar-refractivity contribution in [2.45, 2.75) is 5.54 Å². The standard InChI is InChI=1S/C16H13IN2O2/c17-10-5-6-14-12(7-10)16(9-20-8-15(18)19-16)11-3-1-2-4-13(11)21-14/h1-7H,8-9H2,(H2,18,19). The van der Waals surface area contributed by atoms with Crippen LogP contribution in [0, 0.1) is 3.57 Å². The van der Waals surface area contributed by atoms with Gasteiger partial charge in [0.15, 0.2) is 0 Å². The third-order valence-electron chi connectivity index (χ3n) is 3.84. The summed E-state index contributed by atoms with van der Waals surface area (Å²) in [7, 11) is 0. The molecule has 2 aromatic rings. The Morgan fingerprint density at radius 2 is 1.90 bits per heavy atom. The number of halogens is 1. The van der Waals surface area contributed by atoms with Crippen LogP contribution in [0.3, 0.4) is 0 Å². The predicted molar refractivity (Wildman–Crippen MR) is 88.9 cm³/mol. The Bertz CT molecular complexity index is 760. The average Bonchev–Trinajstić information content (AvgIpc) is 2.49. The lowest BCUT2D eigenvalue weighted by molar-refractivity contribution is 0.110. The molecular formula is C16H13IN2O2. The lowest BCUT2D eigenvalue weighted by Gasteiger charge is -2.39. The van der Waals surface area contributed by atoms with Gasteiger partial charge in [0.2, 0.25) is 0 Å². The lowest BCUT2D eigenvalue weighted by Crippen LogP contribution is -2.42. The molecule has 4 rings (SSSR count). The summed E-state index contributed by atoms with van der Waals surface area (Å²) in [5.74, 6) is 2.15. The van der Waals surface area contributed by atoms with Crippen molar-refractivity contribution in [1.29, 1.82) is 0 Å². The van der Waals surface area contributed by atoms with E-state index in [-0.39, 0.29) is 0 Å². The second-order valence-electron chi connectivity index (χ2n) is 5.19. The Labute approximate surface area is 136 Å². The molecule has 0 aromatic heterocycles. The molecule has 0 aliphatic carbocycles. The molecule has 2 aliphatic heterocycles. The minimum absolute atomic E-state index is 0.379. The number of benzene rings is 2. The van der Waals surface area contributed by atoms with Crippen molar-refractivity contribution >= 4 is 28.4 Å². The summed E-state index contributed by atoms with van der Waals surface area (Å²) >= 11 is 2.29. The molecule has 1 atom stereocenters. The molecule has 21 heavy (non-hydrogen) atoms. The summed E-state index contributed by atoms with van der Waals surface area (Å²) in [6.07, 6.45) is 0. The summed E-state index contributed by atoms with van der Waals surface area (Å²) in [5, 5.41) is 0. The zero-order valence-electron chi connectivity index (χ0n) is 11.2. The molecular weight excluding hydrogens is 379 g/mol. The minimum atomic E-state index is -0.603. The van der Waals surface area contributed by atoms with E-state index in [1.54, 1.807) is 0 Å². The van der Waals surface area contributed by atoms with E-state index in [1.165, 1.54) is 0 Å². The Kier molecular flexibility index (Phi) is 2.93. The topological polar surface area (TPSA) is 56.8 Å². The van der Waals surface area contributed by atoms with Gasteiger partial charge in [-0.15, -0.1) is 0 Å². The van der Waals surface area contributed by atoms with Gasteiger partial charge in [-0.25, -0.2) is 0 Å². The van der Waals surface area contributed by atoms with Crippen molar-refractivity contribution in [1.82, 2.24) is 0 Å². The molecule has 0 amide bonds. The summed E-state index contributed by atoms with van der Waals surface area (Å²) in [5.41, 5.74) is 7.38. The van der Waals surface area contributed by atoms with Crippen LogP contribution in [0.5, 0.6) is 11.5 Å². The second kappa shape index (κ2) is 4.71. The summed E-state index contributed by atoms with van der Waals surface area (Å²) in [6, 6.07) is 14.0. The van der Waals surface area contributed by atoms with Gasteiger partial charge in [0.1, 0.15) is 29.5 Å². The monoisotopic (exact) mass is 392 g/mol. The highest BCUT2D eigenvalue weighted by molar-refractivity contribution is 14.1. The van der Waals surface area contributed by atoms with Crippen LogP contribution >= 0.6 is 22.6 Å². The first-order valence-electron chi connectivity index (χ1n) is 6.68. The fraction of sp³-hybridized carbons (Fsp3) is 0.188. The van der Waals surface area contributed by atoms with Crippen LogP contribution < -0.4 is 10.5 Å². The van der Waals surface area contributed by atoms with E-state index in [0.717, 1.165) is 26.2 Å². The number of nitrogens with zero attached hydrogens (tertiary/aromatic N) is 1. The van der Waals surface area contributed by atoms with Crippen LogP contribution in [0.15, 0.2) is 47.5 Å². The number of ether oxygens (including phenoxy) is 2. The average molecular weight is 392 g/mol. The molecule has 0 fully saturated rings. The van der Waals surface area contributed by atoms with Gasteiger partial charge < -0.3 is 15.2 Å². The highest BCUT2D eigenvalue weighted by atomic mass is 127. The van der Waals surface area contributed by atoms with Gasteiger partial charge in [0.25, 0.3) is 0 Å². The van der Waals surface area contributed by atoms with Gasteiger partial charge >= 0.3 is 0 Å². The fourth-order valence-electron chi connectivity index (χ4n) is 2.96. The molecule has 2 N–H and O–H groups in total. The number of aliphatic imine (C=N–C) groups is 1. The van der Waals surface area contributed by atoms with Gasteiger partial charge in [0.05, 0.1) is 6.61 Å². The first-order valence-corrected chi connectivity index (χ1v) is 7.76. The van der Waals surface area contributed by atoms with Crippen molar-refractivity contribution in [3.63, 3.8) is 0 Å². The predicted octanol–water partition coefficient (Wildman–Crippen LogP) is 3.03. The van der Waals surface area contributed by atoms with Crippen molar-refractivity contribution in [2.24, 2.45) is 10.7 Å². The van der Waals surface area contributed by atoms with Crippen LogP contribution in [-0.2, 0) is 10.3 Å². The summed E-state index contributed by atoms with van der Waals surface area (Å²) in [4.78, 5) is 4.78. The molecule has 5 heteroatoms. The van der Waals surface area contributed by atoms with Crippen molar-refractivity contribution in [3.05, 3.63) is 57.2 Å². The molecule has 1 spiro atoms. The number of amidine groups is 1. The smallest absolute Gasteiger partial charge is 0.143 e. The molecule has 106 valence electrons. The van der Waals surface area contributed by atoms with Crippen molar-refractivity contribution in [2.75, 3.05) is 13.2 Å². The highest BCUT2D eigenvalue weighted by Crippen LogP contribution is 2.50. The van der Waals surface area contributed by atoms with Crippen LogP contribution in [0.25, 0.3) is 0 Å². The quantitative estimate of drug-likeness (QED) is 0.702. The summed E-state index contributed by atoms with van der Waals surface area (Å²) < 4.78 is 12.9. The number of hydrogen-bond acceptors (Lipinski definition) is 4. The highest BCUT2D eigenvalue weighted by Gasteiger charge is 2.44. The second-order valence-corrected chi connectivity index (χ2v) is 6.44. The van der Waals surface area contributed by atoms with E-state index < -0.39 is 5.54 Å². The lowest BCUT2D eigenvalue weighted by atomic mass is 9.80. The number of nitrogens with two attached hydrogens (primary N) is 1. The Morgan fingerprint density at radius 3 is 2.76 bits per heavy atom. The number of para-hydroxylation sites is 1. The molecule has 0 saturated carbocycles. The van der Waals surface area contributed by atoms with Crippen LogP contribution in [-0.4, -0.2) is 19.0 Å². The van der Waals surface area contributed by atoms with Crippen molar-refractivity contribution in [3.8, 4) is 11.5 Å². The molecule has 2 heterocycles. The fourth-order valence-corrected chi connectivity index (χ4v) is 3.46. The van der Waals surface area contributed by atoms with Crippen LogP contribution in [0.4, 0.5) is 0 Å². The normalized spacial score (nSPS) is 23.0. The van der Waals surface area contributed by atoms with E-state index in [4.69, 9.17) is 20.2 Å². The minimum Gasteiger partial charge on any atom is -0.457 e. The van der Waals surface area contributed by atoms with Gasteiger partial charge in [-0.3, -0.25) is 4.99 Å². The summed E-state index contributed by atoms with van der Waals surface area (Å²) in [6.45, 7) is 0.852. The number of fused-ring (bicyclic) bond motifs is 4. The molecule has 1 unspecified atom stereocenters. The van der Waals surface area contributed by atoms with Crippen LogP contribution in [0.2, 0.25) is 0 Å². The van der Waals surface area contributed by atoms with Gasteiger partial charge in [-0.1, -0.05) is 18.2 Å². The van der Waals surface area contributed by atoms with E-state index in [9.17, 15) is 0 Å². The van der Waals surface area contributed by atoms with E-state index in [2.05, 4.69) is 28.7 Å². The first kappa shape index (κ1) is 13.1. The van der Waals surface area contributed by atoms with Gasteiger partial charge in [0, 0.05) is 14.7 Å². The van der Waals surface area contributed by atoms with Gasteiger partial charge in [-0.05, 0) is 46.9 Å². The zero-order valence-corrected chi connectivity index (χ0v) is 13.3. The third kappa shape index (κ3) is 1.95. The molecule has 2 aromatic carbocycles.